The highest BCUT2D eigenvalue weighted by Gasteiger charge is 2.15. The number of nitrogens with zero attached hydrogens (tertiary/aromatic N) is 4. The lowest BCUT2D eigenvalue weighted by Crippen LogP contribution is -2.12. The fourth-order valence-corrected chi connectivity index (χ4v) is 4.01. The van der Waals surface area contributed by atoms with Gasteiger partial charge in [-0.3, -0.25) is 4.79 Å². The molecule has 0 aliphatic rings. The van der Waals surface area contributed by atoms with Gasteiger partial charge in [0.25, 0.3) is 5.91 Å². The molecule has 0 saturated heterocycles. The Hall–Kier alpha value is -3.78. The predicted molar refractivity (Wildman–Crippen MR) is 116 cm³/mol. The van der Waals surface area contributed by atoms with Crippen LogP contribution in [0, 0.1) is 13.8 Å². The van der Waals surface area contributed by atoms with Gasteiger partial charge in [-0.1, -0.05) is 18.2 Å². The number of hydrogen-bond acceptors (Lipinski definition) is 6. The third-order valence-corrected chi connectivity index (χ3v) is 5.57. The second-order valence-corrected chi connectivity index (χ2v) is 7.80. The van der Waals surface area contributed by atoms with E-state index < -0.39 is 0 Å². The number of amides is 1. The van der Waals surface area contributed by atoms with Crippen LogP contribution in [0.5, 0.6) is 0 Å². The molecule has 0 atom stereocenters. The van der Waals surface area contributed by atoms with Crippen LogP contribution < -0.4 is 5.32 Å². The maximum atomic E-state index is 12.6. The lowest BCUT2D eigenvalue weighted by molar-refractivity contribution is 0.102. The summed E-state index contributed by atoms with van der Waals surface area (Å²) in [5.41, 5.74) is 3.52. The van der Waals surface area contributed by atoms with E-state index in [9.17, 15) is 4.79 Å². The van der Waals surface area contributed by atoms with E-state index >= 15 is 0 Å². The number of thiophene rings is 1. The van der Waals surface area contributed by atoms with E-state index in [1.165, 1.54) is 0 Å². The van der Waals surface area contributed by atoms with Crippen molar-refractivity contribution in [3.8, 4) is 22.0 Å². The minimum Gasteiger partial charge on any atom is -0.466 e. The molecule has 0 fully saturated rings. The summed E-state index contributed by atoms with van der Waals surface area (Å²) in [6.07, 6.45) is 0. The number of aromatic nitrogens is 4. The monoisotopic (exact) mass is 415 g/mol. The molecule has 0 bridgehead atoms. The molecule has 1 N–H and O–H groups in total. The van der Waals surface area contributed by atoms with Crippen LogP contribution in [-0.2, 0) is 0 Å². The molecule has 7 nitrogen and oxygen atoms in total. The molecule has 148 valence electrons. The van der Waals surface area contributed by atoms with E-state index in [2.05, 4.69) is 15.5 Å². The number of carbonyl (C=O) groups is 1. The number of benzene rings is 1. The van der Waals surface area contributed by atoms with Gasteiger partial charge in [-0.15, -0.1) is 21.5 Å². The highest BCUT2D eigenvalue weighted by Crippen LogP contribution is 2.26. The summed E-state index contributed by atoms with van der Waals surface area (Å²) >= 11 is 1.59. The largest absolute Gasteiger partial charge is 0.466 e. The molecular formula is C22H17N5O2S. The molecular weight excluding hydrogens is 398 g/mol. The number of fused-ring (bicyclic) bond motifs is 1. The minimum atomic E-state index is -0.205. The topological polar surface area (TPSA) is 85.3 Å². The highest BCUT2D eigenvalue weighted by molar-refractivity contribution is 7.13. The van der Waals surface area contributed by atoms with Crippen LogP contribution in [0.1, 0.15) is 21.9 Å². The molecule has 8 heteroatoms. The number of anilines is 1. The molecule has 0 radical (unpaired) electrons. The molecule has 0 aliphatic heterocycles. The maximum Gasteiger partial charge on any atom is 0.259 e. The molecule has 4 heterocycles. The second kappa shape index (κ2) is 7.23. The highest BCUT2D eigenvalue weighted by atomic mass is 32.1. The minimum absolute atomic E-state index is 0.205. The van der Waals surface area contributed by atoms with Crippen LogP contribution in [0.3, 0.4) is 0 Å². The summed E-state index contributed by atoms with van der Waals surface area (Å²) in [7, 11) is 0. The van der Waals surface area contributed by atoms with Crippen molar-refractivity contribution in [2.45, 2.75) is 13.8 Å². The van der Waals surface area contributed by atoms with Crippen LogP contribution in [0.25, 0.3) is 27.6 Å². The average Bonchev–Trinajstić information content (AvgIpc) is 3.47. The molecule has 1 aromatic carbocycles. The SMILES string of the molecule is Cc1cc(C(=O)Nc2cccc(-c3ccc4nnc(-c5cccs5)n4n3)c2)c(C)o1. The van der Waals surface area contributed by atoms with Gasteiger partial charge < -0.3 is 9.73 Å². The molecule has 1 amide bonds. The van der Waals surface area contributed by atoms with Gasteiger partial charge in [-0.2, -0.15) is 9.61 Å². The number of nitrogens with one attached hydrogen (secondary N) is 1. The van der Waals surface area contributed by atoms with Gasteiger partial charge in [0.1, 0.15) is 11.5 Å². The Morgan fingerprint density at radius 1 is 1.07 bits per heavy atom. The van der Waals surface area contributed by atoms with Crippen molar-refractivity contribution in [2.24, 2.45) is 0 Å². The Kier molecular flexibility index (Phi) is 4.40. The Morgan fingerprint density at radius 2 is 1.97 bits per heavy atom. The van der Waals surface area contributed by atoms with Crippen LogP contribution in [0.2, 0.25) is 0 Å². The number of aryl methyl sites for hydroxylation is 2. The molecule has 0 unspecified atom stereocenters. The Balaban J connectivity index is 1.48. The van der Waals surface area contributed by atoms with Crippen LogP contribution >= 0.6 is 11.3 Å². The summed E-state index contributed by atoms with van der Waals surface area (Å²) in [5.74, 6) is 1.81. The first kappa shape index (κ1) is 18.3. The quantitative estimate of drug-likeness (QED) is 0.447. The van der Waals surface area contributed by atoms with Gasteiger partial charge in [0.2, 0.25) is 0 Å². The average molecular weight is 415 g/mol. The van der Waals surface area contributed by atoms with Crippen molar-refractivity contribution in [1.29, 1.82) is 0 Å². The molecule has 0 aliphatic carbocycles. The summed E-state index contributed by atoms with van der Waals surface area (Å²) in [6.45, 7) is 3.60. The zero-order valence-electron chi connectivity index (χ0n) is 16.3. The smallest absolute Gasteiger partial charge is 0.259 e. The fraction of sp³-hybridized carbons (Fsp3) is 0.0909. The van der Waals surface area contributed by atoms with Crippen LogP contribution in [0.4, 0.5) is 5.69 Å². The Labute approximate surface area is 176 Å². The molecule has 0 saturated carbocycles. The summed E-state index contributed by atoms with van der Waals surface area (Å²) in [4.78, 5) is 13.6. The van der Waals surface area contributed by atoms with E-state index in [1.807, 2.05) is 60.8 Å². The molecule has 5 aromatic rings. The standard InChI is InChI=1S/C22H17N5O2S/c1-13-11-17(14(2)29-13)22(28)23-16-6-3-5-15(12-16)18-8-9-20-24-25-21(27(20)26-18)19-7-4-10-30-19/h3-12H,1-2H3,(H,23,28). The van der Waals surface area contributed by atoms with Gasteiger partial charge in [-0.25, -0.2) is 0 Å². The van der Waals surface area contributed by atoms with E-state index in [4.69, 9.17) is 9.52 Å². The first-order valence-electron chi connectivity index (χ1n) is 9.33. The van der Waals surface area contributed by atoms with Gasteiger partial charge in [0.15, 0.2) is 11.5 Å². The molecule has 5 rings (SSSR count). The lowest BCUT2D eigenvalue weighted by atomic mass is 10.1. The number of hydrogen-bond donors (Lipinski definition) is 1. The maximum absolute atomic E-state index is 12.6. The van der Waals surface area contributed by atoms with Crippen molar-refractivity contribution in [1.82, 2.24) is 19.8 Å². The van der Waals surface area contributed by atoms with Crippen molar-refractivity contribution in [3.05, 3.63) is 77.1 Å². The summed E-state index contributed by atoms with van der Waals surface area (Å²) in [6, 6.07) is 17.1. The van der Waals surface area contributed by atoms with Gasteiger partial charge in [0, 0.05) is 11.3 Å². The number of furan rings is 1. The van der Waals surface area contributed by atoms with Gasteiger partial charge in [0.05, 0.1) is 16.1 Å². The first-order chi connectivity index (χ1) is 14.6. The number of rotatable bonds is 4. The van der Waals surface area contributed by atoms with E-state index in [-0.39, 0.29) is 5.91 Å². The molecule has 30 heavy (non-hydrogen) atoms. The second-order valence-electron chi connectivity index (χ2n) is 6.85. The van der Waals surface area contributed by atoms with Crippen LogP contribution in [-0.4, -0.2) is 25.7 Å². The zero-order chi connectivity index (χ0) is 20.7. The number of carbonyl (C=O) groups excluding carboxylic acids is 1. The molecule has 0 spiro atoms. The van der Waals surface area contributed by atoms with Gasteiger partial charge in [-0.05, 0) is 55.6 Å². The Morgan fingerprint density at radius 3 is 2.73 bits per heavy atom. The first-order valence-corrected chi connectivity index (χ1v) is 10.2. The Bertz CT molecular complexity index is 1370. The van der Waals surface area contributed by atoms with Crippen molar-refractivity contribution < 1.29 is 9.21 Å². The van der Waals surface area contributed by atoms with E-state index in [0.717, 1.165) is 16.1 Å². The third kappa shape index (κ3) is 3.27. The van der Waals surface area contributed by atoms with E-state index in [1.54, 1.807) is 28.8 Å². The van der Waals surface area contributed by atoms with Crippen molar-refractivity contribution in [2.75, 3.05) is 5.32 Å². The normalized spacial score (nSPS) is 11.1. The predicted octanol–water partition coefficient (Wildman–Crippen LogP) is 4.98. The summed E-state index contributed by atoms with van der Waals surface area (Å²) in [5, 5.41) is 18.1. The summed E-state index contributed by atoms with van der Waals surface area (Å²) < 4.78 is 7.20. The van der Waals surface area contributed by atoms with Crippen LogP contribution in [0.15, 0.2) is 64.4 Å². The fourth-order valence-electron chi connectivity index (χ4n) is 3.31. The molecule has 4 aromatic heterocycles. The third-order valence-electron chi connectivity index (χ3n) is 4.71. The van der Waals surface area contributed by atoms with E-state index in [0.29, 0.717) is 34.2 Å². The zero-order valence-corrected chi connectivity index (χ0v) is 17.1. The van der Waals surface area contributed by atoms with Crippen molar-refractivity contribution in [3.63, 3.8) is 0 Å². The van der Waals surface area contributed by atoms with Gasteiger partial charge >= 0.3 is 0 Å². The lowest BCUT2D eigenvalue weighted by Gasteiger charge is -2.07. The van der Waals surface area contributed by atoms with Crippen molar-refractivity contribution >= 4 is 28.6 Å².